The molecule has 0 atom stereocenters. The highest BCUT2D eigenvalue weighted by Gasteiger charge is 2.14. The van der Waals surface area contributed by atoms with Crippen molar-refractivity contribution in [1.82, 2.24) is 15.0 Å². The summed E-state index contributed by atoms with van der Waals surface area (Å²) in [6.45, 7) is 1.10. The number of alkyl halides is 2. The summed E-state index contributed by atoms with van der Waals surface area (Å²) in [7, 11) is 1.40. The van der Waals surface area contributed by atoms with E-state index in [1.54, 1.807) is 6.07 Å². The Labute approximate surface area is 147 Å². The molecule has 0 aliphatic carbocycles. The molecule has 0 spiro atoms. The Morgan fingerprint density at radius 3 is 2.68 bits per heavy atom. The van der Waals surface area contributed by atoms with E-state index >= 15 is 0 Å². The topological polar surface area (TPSA) is 60.0 Å². The van der Waals surface area contributed by atoms with Gasteiger partial charge in [-0.15, -0.1) is 0 Å². The number of rotatable bonds is 6. The summed E-state index contributed by atoms with van der Waals surface area (Å²) >= 11 is 1.49. The number of hydrogen-bond acceptors (Lipinski definition) is 5. The Balaban J connectivity index is 1.83. The minimum Gasteiger partial charge on any atom is -0.493 e. The van der Waals surface area contributed by atoms with E-state index in [0.717, 1.165) is 16.8 Å². The first-order chi connectivity index (χ1) is 12.0. The van der Waals surface area contributed by atoms with Crippen LogP contribution in [0.2, 0.25) is 0 Å². The van der Waals surface area contributed by atoms with Crippen LogP contribution >= 0.6 is 11.8 Å². The second-order valence-electron chi connectivity index (χ2n) is 5.51. The summed E-state index contributed by atoms with van der Waals surface area (Å²) in [6.07, 6.45) is 1.83. The lowest BCUT2D eigenvalue weighted by atomic mass is 10.2. The van der Waals surface area contributed by atoms with E-state index in [1.807, 2.05) is 20.0 Å². The van der Waals surface area contributed by atoms with Gasteiger partial charge in [0.05, 0.1) is 23.8 Å². The van der Waals surface area contributed by atoms with Crippen molar-refractivity contribution in [3.05, 3.63) is 41.2 Å². The lowest BCUT2D eigenvalue weighted by Crippen LogP contribution is -2.03. The second-order valence-corrected chi connectivity index (χ2v) is 6.47. The number of pyridine rings is 1. The standard InChI is InChI=1S/C17H17F2N3O2S/c1-9-4-10(2)13(20-7-9)8-25-17-21-11-5-14(23-3)15(24-16(18)19)6-12(11)22-17/h4-7,16H,8H2,1-3H3,(H,21,22). The molecule has 0 fully saturated rings. The van der Waals surface area contributed by atoms with Gasteiger partial charge < -0.3 is 14.5 Å². The molecule has 5 nitrogen and oxygen atoms in total. The smallest absolute Gasteiger partial charge is 0.387 e. The van der Waals surface area contributed by atoms with Crippen molar-refractivity contribution in [3.63, 3.8) is 0 Å². The summed E-state index contributed by atoms with van der Waals surface area (Å²) in [5, 5.41) is 0.674. The quantitative estimate of drug-likeness (QED) is 0.653. The molecule has 0 radical (unpaired) electrons. The molecule has 8 heteroatoms. The second kappa shape index (κ2) is 7.26. The third kappa shape index (κ3) is 4.01. The molecule has 0 saturated carbocycles. The van der Waals surface area contributed by atoms with Crippen LogP contribution in [0.25, 0.3) is 11.0 Å². The van der Waals surface area contributed by atoms with Crippen LogP contribution in [0, 0.1) is 13.8 Å². The van der Waals surface area contributed by atoms with Gasteiger partial charge in [-0.3, -0.25) is 4.98 Å². The number of hydrogen-bond donors (Lipinski definition) is 1. The van der Waals surface area contributed by atoms with E-state index in [0.29, 0.717) is 21.9 Å². The molecule has 3 rings (SSSR count). The first kappa shape index (κ1) is 17.5. The molecule has 2 aromatic heterocycles. The Kier molecular flexibility index (Phi) is 5.08. The molecule has 0 bridgehead atoms. The highest BCUT2D eigenvalue weighted by atomic mass is 32.2. The van der Waals surface area contributed by atoms with Crippen molar-refractivity contribution >= 4 is 22.8 Å². The normalized spacial score (nSPS) is 11.3. The number of imidazole rings is 1. The van der Waals surface area contributed by atoms with Gasteiger partial charge in [0.25, 0.3) is 0 Å². The first-order valence-electron chi connectivity index (χ1n) is 7.53. The fourth-order valence-electron chi connectivity index (χ4n) is 2.44. The van der Waals surface area contributed by atoms with Gasteiger partial charge in [0, 0.05) is 24.1 Å². The molecule has 2 heterocycles. The summed E-state index contributed by atoms with van der Waals surface area (Å²) in [5.74, 6) is 0.844. The highest BCUT2D eigenvalue weighted by molar-refractivity contribution is 7.98. The summed E-state index contributed by atoms with van der Waals surface area (Å²) in [5.41, 5.74) is 4.45. The van der Waals surface area contributed by atoms with Crippen molar-refractivity contribution in [3.8, 4) is 11.5 Å². The van der Waals surface area contributed by atoms with E-state index in [-0.39, 0.29) is 11.5 Å². The summed E-state index contributed by atoms with van der Waals surface area (Å²) < 4.78 is 34.6. The van der Waals surface area contributed by atoms with E-state index in [2.05, 4.69) is 25.8 Å². The molecule has 132 valence electrons. The van der Waals surface area contributed by atoms with Gasteiger partial charge in [0.2, 0.25) is 0 Å². The van der Waals surface area contributed by atoms with Crippen LogP contribution in [0.15, 0.2) is 29.6 Å². The molecule has 0 saturated heterocycles. The van der Waals surface area contributed by atoms with Crippen molar-refractivity contribution in [2.75, 3.05) is 7.11 Å². The number of nitrogens with one attached hydrogen (secondary N) is 1. The predicted octanol–water partition coefficient (Wildman–Crippen LogP) is 4.48. The van der Waals surface area contributed by atoms with E-state index in [1.165, 1.54) is 24.9 Å². The van der Waals surface area contributed by atoms with Crippen LogP contribution in [-0.4, -0.2) is 28.7 Å². The molecule has 0 aliphatic heterocycles. The van der Waals surface area contributed by atoms with Gasteiger partial charge >= 0.3 is 6.61 Å². The molecule has 25 heavy (non-hydrogen) atoms. The number of fused-ring (bicyclic) bond motifs is 1. The number of aryl methyl sites for hydroxylation is 2. The van der Waals surface area contributed by atoms with Crippen molar-refractivity contribution in [2.45, 2.75) is 31.4 Å². The number of aromatic amines is 1. The monoisotopic (exact) mass is 365 g/mol. The SMILES string of the molecule is COc1cc2[nH]c(SCc3ncc(C)cc3C)nc2cc1OC(F)F. The lowest BCUT2D eigenvalue weighted by molar-refractivity contribution is -0.0511. The van der Waals surface area contributed by atoms with Gasteiger partial charge in [0.15, 0.2) is 16.7 Å². The predicted molar refractivity (Wildman–Crippen MR) is 92.5 cm³/mol. The highest BCUT2D eigenvalue weighted by Crippen LogP contribution is 2.34. The number of halogens is 2. The third-order valence-electron chi connectivity index (χ3n) is 3.63. The van der Waals surface area contributed by atoms with Crippen LogP contribution in [0.3, 0.4) is 0 Å². The molecule has 0 amide bonds. The Morgan fingerprint density at radius 1 is 1.20 bits per heavy atom. The van der Waals surface area contributed by atoms with Gasteiger partial charge in [-0.05, 0) is 25.0 Å². The minimum atomic E-state index is -2.92. The van der Waals surface area contributed by atoms with E-state index in [9.17, 15) is 8.78 Å². The number of thioether (sulfide) groups is 1. The summed E-state index contributed by atoms with van der Waals surface area (Å²) in [4.78, 5) is 12.0. The third-order valence-corrected chi connectivity index (χ3v) is 4.52. The average molecular weight is 365 g/mol. The van der Waals surface area contributed by atoms with E-state index in [4.69, 9.17) is 4.74 Å². The van der Waals surface area contributed by atoms with Crippen molar-refractivity contribution in [2.24, 2.45) is 0 Å². The number of aromatic nitrogens is 3. The minimum absolute atomic E-state index is 0.0379. The maximum atomic E-state index is 12.5. The average Bonchev–Trinajstić information content (AvgIpc) is 2.94. The Morgan fingerprint density at radius 2 is 2.00 bits per heavy atom. The fraction of sp³-hybridized carbons (Fsp3) is 0.294. The van der Waals surface area contributed by atoms with Crippen LogP contribution < -0.4 is 9.47 Å². The van der Waals surface area contributed by atoms with Gasteiger partial charge in [-0.25, -0.2) is 4.98 Å². The fourth-order valence-corrected chi connectivity index (χ4v) is 3.36. The van der Waals surface area contributed by atoms with Gasteiger partial charge in [-0.2, -0.15) is 8.78 Å². The van der Waals surface area contributed by atoms with E-state index < -0.39 is 6.61 Å². The van der Waals surface area contributed by atoms with Crippen LogP contribution in [-0.2, 0) is 5.75 Å². The largest absolute Gasteiger partial charge is 0.493 e. The Hall–Kier alpha value is -2.35. The molecule has 1 N–H and O–H groups in total. The number of ether oxygens (including phenoxy) is 2. The van der Waals surface area contributed by atoms with Crippen LogP contribution in [0.1, 0.15) is 16.8 Å². The number of H-pyrrole nitrogens is 1. The molecule has 3 aromatic rings. The van der Waals surface area contributed by atoms with Crippen LogP contribution in [0.5, 0.6) is 11.5 Å². The zero-order valence-corrected chi connectivity index (χ0v) is 14.8. The van der Waals surface area contributed by atoms with Crippen molar-refractivity contribution in [1.29, 1.82) is 0 Å². The Bertz CT molecular complexity index is 899. The van der Waals surface area contributed by atoms with Crippen LogP contribution in [0.4, 0.5) is 8.78 Å². The molecule has 0 unspecified atom stereocenters. The van der Waals surface area contributed by atoms with Gasteiger partial charge in [0.1, 0.15) is 0 Å². The van der Waals surface area contributed by atoms with Crippen molar-refractivity contribution < 1.29 is 18.3 Å². The number of nitrogens with zero attached hydrogens (tertiary/aromatic N) is 2. The van der Waals surface area contributed by atoms with Gasteiger partial charge in [-0.1, -0.05) is 17.8 Å². The molecular weight excluding hydrogens is 348 g/mol. The zero-order valence-electron chi connectivity index (χ0n) is 14.0. The number of methoxy groups -OCH3 is 1. The first-order valence-corrected chi connectivity index (χ1v) is 8.52. The maximum Gasteiger partial charge on any atom is 0.387 e. The summed E-state index contributed by atoms with van der Waals surface area (Å²) in [6, 6.07) is 5.12. The zero-order chi connectivity index (χ0) is 18.0. The maximum absolute atomic E-state index is 12.5. The lowest BCUT2D eigenvalue weighted by Gasteiger charge is -2.09. The molecule has 1 aromatic carbocycles. The number of benzene rings is 1. The molecular formula is C17H17F2N3O2S. The molecule has 0 aliphatic rings.